The van der Waals surface area contributed by atoms with Crippen LogP contribution in [0.2, 0.25) is 0 Å². The first-order valence-corrected chi connectivity index (χ1v) is 9.72. The smallest absolute Gasteiger partial charge is 0.270 e. The number of amides is 1. The van der Waals surface area contributed by atoms with Crippen LogP contribution >= 0.6 is 13.5 Å². The summed E-state index contributed by atoms with van der Waals surface area (Å²) in [5.74, 6) is 0.683. The fraction of sp³-hybridized carbons (Fsp3) is 0.227. The number of nitrogens with one attached hydrogen (secondary N) is 2. The molecular weight excluding hydrogens is 424 g/mol. The number of aryl methyl sites for hydroxylation is 1. The van der Waals surface area contributed by atoms with Crippen molar-refractivity contribution >= 4 is 36.1 Å². The summed E-state index contributed by atoms with van der Waals surface area (Å²) >= 11 is 0. The second-order valence-electron chi connectivity index (χ2n) is 6.98. The summed E-state index contributed by atoms with van der Waals surface area (Å²) in [6, 6.07) is 7.37. The summed E-state index contributed by atoms with van der Waals surface area (Å²) in [4.78, 5) is 37.2. The van der Waals surface area contributed by atoms with Crippen LogP contribution in [0.25, 0.3) is 22.2 Å². The lowest BCUT2D eigenvalue weighted by Gasteiger charge is -2.16. The Bertz CT molecular complexity index is 1330. The summed E-state index contributed by atoms with van der Waals surface area (Å²) in [5, 5.41) is 6.58. The first-order chi connectivity index (χ1) is 15.9. The third-order valence-corrected chi connectivity index (χ3v) is 4.84. The molecule has 2 N–H and O–H groups in total. The summed E-state index contributed by atoms with van der Waals surface area (Å²) in [6.45, 7) is 4.22. The number of hydrogen-bond donors (Lipinski definition) is 2. The lowest BCUT2D eigenvalue weighted by molar-refractivity contribution is 0.0960. The van der Waals surface area contributed by atoms with E-state index in [0.29, 0.717) is 35.0 Å². The molecule has 32 heavy (non-hydrogen) atoms. The van der Waals surface area contributed by atoms with Crippen LogP contribution in [0.4, 0.5) is 5.82 Å². The maximum Gasteiger partial charge on any atom is 0.270 e. The van der Waals surface area contributed by atoms with Gasteiger partial charge in [0.15, 0.2) is 0 Å². The Hall–Kier alpha value is -3.66. The molecule has 0 fully saturated rings. The Balaban J connectivity index is 0.00000324. The van der Waals surface area contributed by atoms with Crippen molar-refractivity contribution in [2.75, 3.05) is 18.9 Å². The van der Waals surface area contributed by atoms with Gasteiger partial charge in [0.05, 0.1) is 14.0 Å². The molecule has 0 aliphatic heterocycles. The Labute approximate surface area is 195 Å². The van der Waals surface area contributed by atoms with E-state index in [4.69, 9.17) is 2.74 Å². The Morgan fingerprint density at radius 2 is 1.84 bits per heavy atom. The van der Waals surface area contributed by atoms with E-state index in [0.717, 1.165) is 11.1 Å². The zero-order valence-electron chi connectivity index (χ0n) is 19.8. The van der Waals surface area contributed by atoms with Crippen LogP contribution in [0.3, 0.4) is 0 Å². The van der Waals surface area contributed by atoms with Gasteiger partial charge in [-0.2, -0.15) is 13.5 Å². The molecule has 1 aromatic carbocycles. The van der Waals surface area contributed by atoms with E-state index in [1.807, 2.05) is 25.1 Å². The first-order valence-electron chi connectivity index (χ1n) is 10.7. The van der Waals surface area contributed by atoms with Gasteiger partial charge in [-0.1, -0.05) is 25.1 Å². The Kier molecular flexibility index (Phi) is 6.39. The largest absolute Gasteiger partial charge is 0.369 e. The molecule has 1 atom stereocenters. The molecule has 0 aliphatic carbocycles. The second-order valence-corrected chi connectivity index (χ2v) is 6.98. The van der Waals surface area contributed by atoms with Gasteiger partial charge in [0, 0.05) is 48.9 Å². The van der Waals surface area contributed by atoms with E-state index in [2.05, 4.69) is 40.5 Å². The second kappa shape index (κ2) is 10.1. The highest BCUT2D eigenvalue weighted by Gasteiger charge is 2.16. The molecule has 0 spiro atoms. The van der Waals surface area contributed by atoms with Crippen molar-refractivity contribution in [3.05, 3.63) is 66.3 Å². The molecule has 0 saturated carbocycles. The average Bonchev–Trinajstić information content (AvgIpc) is 2.81. The molecule has 0 aliphatic rings. The van der Waals surface area contributed by atoms with Gasteiger partial charge in [-0.25, -0.2) is 29.9 Å². The van der Waals surface area contributed by atoms with E-state index < -0.39 is 0 Å². The predicted molar refractivity (Wildman–Crippen MR) is 128 cm³/mol. The molecule has 1 amide bonds. The third kappa shape index (κ3) is 4.80. The highest BCUT2D eigenvalue weighted by atomic mass is 32.1. The Morgan fingerprint density at radius 3 is 2.59 bits per heavy atom. The molecule has 0 unspecified atom stereocenters. The summed E-state index contributed by atoms with van der Waals surface area (Å²) < 4.78 is 16.2. The molecular formula is C22H24N8OS. The number of hydrogen-bond acceptors (Lipinski definition) is 8. The summed E-state index contributed by atoms with van der Waals surface area (Å²) in [5.41, 5.74) is 2.69. The fourth-order valence-electron chi connectivity index (χ4n) is 3.20. The minimum Gasteiger partial charge on any atom is -0.369 e. The quantitative estimate of drug-likeness (QED) is 0.460. The SMILES string of the molecule is S.[2H]c1nc(C)nc([2H])c1-c1cc(NC[C@@H](C)c2cccc3c(C(=O)NC)ncnc23)ncn1. The first kappa shape index (κ1) is 20.3. The number of rotatable bonds is 6. The number of aromatic nitrogens is 6. The molecule has 164 valence electrons. The van der Waals surface area contributed by atoms with E-state index in [1.165, 1.54) is 12.7 Å². The van der Waals surface area contributed by atoms with Gasteiger partial charge >= 0.3 is 0 Å². The summed E-state index contributed by atoms with van der Waals surface area (Å²) in [6.07, 6.45) is 2.68. The van der Waals surface area contributed by atoms with Crippen LogP contribution in [0.1, 0.15) is 37.5 Å². The van der Waals surface area contributed by atoms with Crippen molar-refractivity contribution in [1.82, 2.24) is 35.2 Å². The molecule has 0 saturated heterocycles. The van der Waals surface area contributed by atoms with Crippen LogP contribution < -0.4 is 10.6 Å². The van der Waals surface area contributed by atoms with Gasteiger partial charge in [0.25, 0.3) is 5.91 Å². The molecule has 4 rings (SSSR count). The fourth-order valence-corrected chi connectivity index (χ4v) is 3.20. The number of benzene rings is 1. The zero-order valence-corrected chi connectivity index (χ0v) is 18.8. The molecule has 4 aromatic rings. The number of fused-ring (bicyclic) bond motifs is 1. The Morgan fingerprint density at radius 1 is 1.09 bits per heavy atom. The van der Waals surface area contributed by atoms with Gasteiger partial charge in [0.1, 0.15) is 30.0 Å². The van der Waals surface area contributed by atoms with Crippen molar-refractivity contribution < 1.29 is 7.54 Å². The maximum absolute atomic E-state index is 12.2. The number of nitrogens with zero attached hydrogens (tertiary/aromatic N) is 6. The van der Waals surface area contributed by atoms with E-state index in [-0.39, 0.29) is 43.2 Å². The standard InChI is InChI=1S/C22H22N8O.H2S/c1-13(16-5-4-6-17-20(16)29-12-30-21(17)22(31)23-3)8-26-19-7-18(27-11-28-19)15-9-24-14(2)25-10-15;/h4-7,9-13H,8H2,1-3H3,(H,23,31)(H,26,27,28);1H2/t13-;/m1./s1/i9D,10D;. The van der Waals surface area contributed by atoms with Crippen LogP contribution in [-0.4, -0.2) is 49.4 Å². The monoisotopic (exact) mass is 450 g/mol. The minimum atomic E-state index is -0.263. The van der Waals surface area contributed by atoms with Gasteiger partial charge in [-0.3, -0.25) is 4.79 Å². The van der Waals surface area contributed by atoms with Gasteiger partial charge in [-0.15, -0.1) is 0 Å². The van der Waals surface area contributed by atoms with Crippen molar-refractivity contribution in [3.63, 3.8) is 0 Å². The normalized spacial score (nSPS) is 12.3. The molecule has 9 nitrogen and oxygen atoms in total. The van der Waals surface area contributed by atoms with Crippen molar-refractivity contribution in [2.45, 2.75) is 19.8 Å². The minimum absolute atomic E-state index is 0. The summed E-state index contributed by atoms with van der Waals surface area (Å²) in [7, 11) is 1.57. The number of anilines is 1. The van der Waals surface area contributed by atoms with Gasteiger partial charge in [0.2, 0.25) is 0 Å². The number of carbonyl (C=O) groups is 1. The average molecular weight is 451 g/mol. The van der Waals surface area contributed by atoms with Crippen molar-refractivity contribution in [3.8, 4) is 11.3 Å². The van der Waals surface area contributed by atoms with Crippen molar-refractivity contribution in [1.29, 1.82) is 0 Å². The van der Waals surface area contributed by atoms with Crippen LogP contribution in [0.5, 0.6) is 0 Å². The molecule has 3 aromatic heterocycles. The van der Waals surface area contributed by atoms with Gasteiger partial charge in [-0.05, 0) is 12.5 Å². The van der Waals surface area contributed by atoms with Crippen LogP contribution in [0, 0.1) is 6.92 Å². The number of carbonyl (C=O) groups excluding carboxylic acids is 1. The van der Waals surface area contributed by atoms with Crippen molar-refractivity contribution in [2.24, 2.45) is 0 Å². The lowest BCUT2D eigenvalue weighted by atomic mass is 9.97. The highest BCUT2D eigenvalue weighted by Crippen LogP contribution is 2.26. The van der Waals surface area contributed by atoms with E-state index in [1.54, 1.807) is 20.0 Å². The topological polar surface area (TPSA) is 118 Å². The van der Waals surface area contributed by atoms with E-state index >= 15 is 0 Å². The molecule has 0 radical (unpaired) electrons. The van der Waals surface area contributed by atoms with Crippen LogP contribution in [-0.2, 0) is 0 Å². The van der Waals surface area contributed by atoms with Crippen LogP contribution in [0.15, 0.2) is 49.3 Å². The molecule has 3 heterocycles. The predicted octanol–water partition coefficient (Wildman–Crippen LogP) is 2.87. The number of para-hydroxylation sites is 1. The maximum atomic E-state index is 12.2. The lowest BCUT2D eigenvalue weighted by Crippen LogP contribution is -2.20. The molecule has 10 heteroatoms. The highest BCUT2D eigenvalue weighted by molar-refractivity contribution is 7.59. The van der Waals surface area contributed by atoms with Gasteiger partial charge < -0.3 is 10.6 Å². The zero-order chi connectivity index (χ0) is 23.5. The third-order valence-electron chi connectivity index (χ3n) is 4.84. The van der Waals surface area contributed by atoms with E-state index in [9.17, 15) is 4.79 Å². The molecule has 0 bridgehead atoms.